The molecule has 0 amide bonds. The number of thiophene rings is 1. The lowest BCUT2D eigenvalue weighted by Gasteiger charge is -1.96. The second-order valence-corrected chi connectivity index (χ2v) is 3.92. The van der Waals surface area contributed by atoms with Gasteiger partial charge in [0.05, 0.1) is 4.88 Å². The van der Waals surface area contributed by atoms with Crippen LogP contribution in [0.3, 0.4) is 0 Å². The molecule has 0 aliphatic carbocycles. The second kappa shape index (κ2) is 4.14. The normalized spacial score (nSPS) is 9.87. The first-order valence-corrected chi connectivity index (χ1v) is 5.16. The van der Waals surface area contributed by atoms with Gasteiger partial charge in [0.1, 0.15) is 0 Å². The largest absolute Gasteiger partial charge is 0.298 e. The van der Waals surface area contributed by atoms with E-state index in [0.29, 0.717) is 10.4 Å². The average molecular weight is 217 g/mol. The Hall–Kier alpha value is -1.81. The molecule has 4 heteroatoms. The van der Waals surface area contributed by atoms with E-state index in [9.17, 15) is 9.59 Å². The Labute approximate surface area is 90.4 Å². The van der Waals surface area contributed by atoms with Gasteiger partial charge in [0.15, 0.2) is 12.6 Å². The molecule has 3 nitrogen and oxygen atoms in total. The number of carbonyl (C=O) groups excluding carboxylic acids is 2. The SMILES string of the molecule is O=Cc1cncc(-c2csc(C=O)c2)c1. The Morgan fingerprint density at radius 1 is 1.07 bits per heavy atom. The Kier molecular flexibility index (Phi) is 2.69. The van der Waals surface area contributed by atoms with Crippen LogP contribution in [0.4, 0.5) is 0 Å². The van der Waals surface area contributed by atoms with E-state index in [1.54, 1.807) is 18.3 Å². The van der Waals surface area contributed by atoms with Crippen LogP contribution < -0.4 is 0 Å². The van der Waals surface area contributed by atoms with Crippen LogP contribution in [0, 0.1) is 0 Å². The van der Waals surface area contributed by atoms with Crippen molar-refractivity contribution in [2.24, 2.45) is 0 Å². The molecule has 0 saturated carbocycles. The summed E-state index contributed by atoms with van der Waals surface area (Å²) in [7, 11) is 0. The van der Waals surface area contributed by atoms with E-state index < -0.39 is 0 Å². The highest BCUT2D eigenvalue weighted by Crippen LogP contribution is 2.24. The maximum atomic E-state index is 10.6. The molecular weight excluding hydrogens is 210 g/mol. The fourth-order valence-corrected chi connectivity index (χ4v) is 1.96. The molecule has 0 saturated heterocycles. The van der Waals surface area contributed by atoms with E-state index in [-0.39, 0.29) is 0 Å². The van der Waals surface area contributed by atoms with Crippen LogP contribution in [0.25, 0.3) is 11.1 Å². The Morgan fingerprint density at radius 3 is 2.60 bits per heavy atom. The monoisotopic (exact) mass is 217 g/mol. The minimum Gasteiger partial charge on any atom is -0.298 e. The Morgan fingerprint density at radius 2 is 1.93 bits per heavy atom. The van der Waals surface area contributed by atoms with E-state index in [4.69, 9.17) is 0 Å². The molecule has 0 N–H and O–H groups in total. The van der Waals surface area contributed by atoms with E-state index in [2.05, 4.69) is 4.98 Å². The maximum absolute atomic E-state index is 10.6. The van der Waals surface area contributed by atoms with Gasteiger partial charge in [0.2, 0.25) is 0 Å². The van der Waals surface area contributed by atoms with Crippen molar-refractivity contribution in [2.45, 2.75) is 0 Å². The number of pyridine rings is 1. The summed E-state index contributed by atoms with van der Waals surface area (Å²) in [5.41, 5.74) is 2.30. The average Bonchev–Trinajstić information content (AvgIpc) is 2.78. The first kappa shape index (κ1) is 9.73. The number of nitrogens with zero attached hydrogens (tertiary/aromatic N) is 1. The van der Waals surface area contributed by atoms with Crippen molar-refractivity contribution in [3.8, 4) is 11.1 Å². The van der Waals surface area contributed by atoms with Crippen molar-refractivity contribution >= 4 is 23.9 Å². The van der Waals surface area contributed by atoms with Gasteiger partial charge in [-0.05, 0) is 23.1 Å². The van der Waals surface area contributed by atoms with Crippen molar-refractivity contribution in [1.29, 1.82) is 0 Å². The highest BCUT2D eigenvalue weighted by Gasteiger charge is 2.02. The number of aromatic nitrogens is 1. The Bertz CT molecular complexity index is 505. The molecule has 0 aliphatic heterocycles. The number of aldehydes is 2. The quantitative estimate of drug-likeness (QED) is 0.742. The first-order valence-electron chi connectivity index (χ1n) is 4.28. The molecule has 2 aromatic rings. The van der Waals surface area contributed by atoms with Crippen molar-refractivity contribution in [1.82, 2.24) is 4.98 Å². The molecule has 74 valence electrons. The smallest absolute Gasteiger partial charge is 0.160 e. The number of carbonyl (C=O) groups is 2. The standard InChI is InChI=1S/C11H7NO2S/c13-5-8-1-9(4-12-3-8)10-2-11(6-14)15-7-10/h1-7H. The molecule has 0 fully saturated rings. The van der Waals surface area contributed by atoms with Crippen LogP contribution >= 0.6 is 11.3 Å². The summed E-state index contributed by atoms with van der Waals surface area (Å²) >= 11 is 1.37. The molecule has 0 unspecified atom stereocenters. The Balaban J connectivity index is 2.43. The van der Waals surface area contributed by atoms with E-state index in [1.807, 2.05) is 5.38 Å². The van der Waals surface area contributed by atoms with Gasteiger partial charge in [-0.25, -0.2) is 0 Å². The molecule has 0 aliphatic rings. The summed E-state index contributed by atoms with van der Waals surface area (Å²) in [6.45, 7) is 0. The lowest BCUT2D eigenvalue weighted by Crippen LogP contribution is -1.83. The third kappa shape index (κ3) is 1.99. The van der Waals surface area contributed by atoms with Crippen LogP contribution in [0.5, 0.6) is 0 Å². The van der Waals surface area contributed by atoms with Crippen molar-refractivity contribution in [2.75, 3.05) is 0 Å². The van der Waals surface area contributed by atoms with Gasteiger partial charge in [-0.2, -0.15) is 0 Å². The summed E-state index contributed by atoms with van der Waals surface area (Å²) < 4.78 is 0. The minimum atomic E-state index is 0.534. The van der Waals surface area contributed by atoms with Gasteiger partial charge in [-0.3, -0.25) is 14.6 Å². The van der Waals surface area contributed by atoms with Gasteiger partial charge < -0.3 is 0 Å². The summed E-state index contributed by atoms with van der Waals surface area (Å²) in [6.07, 6.45) is 4.74. The van der Waals surface area contributed by atoms with Crippen LogP contribution in [-0.2, 0) is 0 Å². The number of hydrogen-bond acceptors (Lipinski definition) is 4. The fourth-order valence-electron chi connectivity index (χ4n) is 1.25. The topological polar surface area (TPSA) is 47.0 Å². The van der Waals surface area contributed by atoms with E-state index >= 15 is 0 Å². The number of hydrogen-bond donors (Lipinski definition) is 0. The zero-order chi connectivity index (χ0) is 10.7. The maximum Gasteiger partial charge on any atom is 0.160 e. The van der Waals surface area contributed by atoms with Gasteiger partial charge in [0, 0.05) is 23.5 Å². The first-order chi connectivity index (χ1) is 7.33. The zero-order valence-electron chi connectivity index (χ0n) is 7.71. The molecular formula is C11H7NO2S. The third-order valence-corrected chi connectivity index (χ3v) is 2.82. The van der Waals surface area contributed by atoms with Gasteiger partial charge >= 0.3 is 0 Å². The highest BCUT2D eigenvalue weighted by atomic mass is 32.1. The van der Waals surface area contributed by atoms with Crippen LogP contribution in [0.1, 0.15) is 20.0 Å². The molecule has 2 aromatic heterocycles. The summed E-state index contributed by atoms with van der Waals surface area (Å²) in [6, 6.07) is 3.53. The molecule has 0 atom stereocenters. The van der Waals surface area contributed by atoms with E-state index in [1.165, 1.54) is 17.5 Å². The van der Waals surface area contributed by atoms with Gasteiger partial charge in [-0.15, -0.1) is 11.3 Å². The van der Waals surface area contributed by atoms with Crippen molar-refractivity contribution in [3.05, 3.63) is 40.3 Å². The third-order valence-electron chi connectivity index (χ3n) is 1.96. The zero-order valence-corrected chi connectivity index (χ0v) is 8.53. The van der Waals surface area contributed by atoms with Crippen molar-refractivity contribution in [3.63, 3.8) is 0 Å². The molecule has 0 spiro atoms. The molecule has 0 radical (unpaired) electrons. The predicted octanol–water partition coefficient (Wildman–Crippen LogP) is 2.44. The summed E-state index contributed by atoms with van der Waals surface area (Å²) in [5, 5.41) is 1.87. The minimum absolute atomic E-state index is 0.534. The molecule has 0 bridgehead atoms. The van der Waals surface area contributed by atoms with Gasteiger partial charge in [0.25, 0.3) is 0 Å². The predicted molar refractivity (Wildman–Crippen MR) is 58.3 cm³/mol. The molecule has 2 heterocycles. The summed E-state index contributed by atoms with van der Waals surface area (Å²) in [4.78, 5) is 25.7. The van der Waals surface area contributed by atoms with Crippen molar-refractivity contribution < 1.29 is 9.59 Å². The van der Waals surface area contributed by atoms with E-state index in [0.717, 1.165) is 23.7 Å². The molecule has 15 heavy (non-hydrogen) atoms. The number of rotatable bonds is 3. The van der Waals surface area contributed by atoms with Gasteiger partial charge in [-0.1, -0.05) is 0 Å². The van der Waals surface area contributed by atoms with Crippen LogP contribution in [0.15, 0.2) is 29.9 Å². The summed E-state index contributed by atoms with van der Waals surface area (Å²) in [5.74, 6) is 0. The van der Waals surface area contributed by atoms with Crippen LogP contribution in [-0.4, -0.2) is 17.6 Å². The highest BCUT2D eigenvalue weighted by molar-refractivity contribution is 7.12. The lowest BCUT2D eigenvalue weighted by atomic mass is 10.1. The molecule has 0 aromatic carbocycles. The second-order valence-electron chi connectivity index (χ2n) is 2.98. The molecule has 2 rings (SSSR count). The van der Waals surface area contributed by atoms with Crippen LogP contribution in [0.2, 0.25) is 0 Å². The lowest BCUT2D eigenvalue weighted by molar-refractivity contribution is 0.111. The fraction of sp³-hybridized carbons (Fsp3) is 0.